The van der Waals surface area contributed by atoms with Crippen LogP contribution in [0.15, 0.2) is 41.0 Å². The Morgan fingerprint density at radius 2 is 1.85 bits per heavy atom. The van der Waals surface area contributed by atoms with Crippen molar-refractivity contribution in [2.75, 3.05) is 6.54 Å². The minimum absolute atomic E-state index is 0.122. The van der Waals surface area contributed by atoms with Crippen molar-refractivity contribution in [3.63, 3.8) is 0 Å². The molecule has 0 radical (unpaired) electrons. The third-order valence-corrected chi connectivity index (χ3v) is 7.42. The molecule has 4 rings (SSSR count). The van der Waals surface area contributed by atoms with Crippen molar-refractivity contribution < 1.29 is 23.6 Å². The van der Waals surface area contributed by atoms with E-state index >= 15 is 0 Å². The van der Waals surface area contributed by atoms with Gasteiger partial charge in [0, 0.05) is 13.0 Å². The van der Waals surface area contributed by atoms with Gasteiger partial charge in [0.05, 0.1) is 5.54 Å². The van der Waals surface area contributed by atoms with Gasteiger partial charge in [-0.15, -0.1) is 0 Å². The highest BCUT2D eigenvalue weighted by atomic mass is 16.3. The number of nitrogens with one attached hydrogen (secondary N) is 4. The van der Waals surface area contributed by atoms with E-state index in [1.807, 2.05) is 44.2 Å². The first-order valence-electron chi connectivity index (χ1n) is 13.6. The van der Waals surface area contributed by atoms with E-state index in [2.05, 4.69) is 26.3 Å². The number of oxazole rings is 1. The summed E-state index contributed by atoms with van der Waals surface area (Å²) in [6.07, 6.45) is 5.12. The molecule has 3 atom stereocenters. The molecule has 1 aromatic heterocycles. The van der Waals surface area contributed by atoms with Gasteiger partial charge in [-0.3, -0.25) is 19.2 Å². The van der Waals surface area contributed by atoms with Crippen molar-refractivity contribution in [1.29, 1.82) is 0 Å². The van der Waals surface area contributed by atoms with Gasteiger partial charge in [-0.05, 0) is 50.0 Å². The summed E-state index contributed by atoms with van der Waals surface area (Å²) >= 11 is 0. The van der Waals surface area contributed by atoms with E-state index in [1.54, 1.807) is 0 Å². The van der Waals surface area contributed by atoms with Crippen molar-refractivity contribution in [2.24, 2.45) is 11.7 Å². The minimum Gasteiger partial charge on any atom is -0.446 e. The molecule has 0 spiro atoms. The molecule has 1 aromatic carbocycles. The zero-order valence-corrected chi connectivity index (χ0v) is 22.5. The Labute approximate surface area is 228 Å². The number of nitrogens with two attached hydrogens (primary N) is 1. The lowest BCUT2D eigenvalue weighted by molar-refractivity contribution is -0.135. The van der Waals surface area contributed by atoms with Crippen molar-refractivity contribution in [2.45, 2.75) is 82.5 Å². The molecule has 1 aliphatic heterocycles. The summed E-state index contributed by atoms with van der Waals surface area (Å²) in [7, 11) is 0. The maximum atomic E-state index is 13.5. The van der Waals surface area contributed by atoms with E-state index < -0.39 is 35.5 Å². The molecule has 0 saturated heterocycles. The van der Waals surface area contributed by atoms with Gasteiger partial charge in [0.25, 0.3) is 5.91 Å². The standard InChI is InChI=1S/C28H38N6O5/c1-17(2)22-25(37)31-20(15-18-9-4-3-5-10-18)26-32-21(16-39-26)23(35)30-14-7-6-11-19(24(36)34-22)33-27(38)28(29)12-8-13-28/h3-5,9-10,16-17,19-20,22H,6-8,11-15,29H2,1-2H3,(H,30,35)(H,31,37)(H,33,38)(H,34,36)/t19-,20+,22-/m0/s1. The molecule has 4 amide bonds. The fourth-order valence-corrected chi connectivity index (χ4v) is 4.77. The van der Waals surface area contributed by atoms with Crippen LogP contribution in [0.5, 0.6) is 0 Å². The average Bonchev–Trinajstić information content (AvgIpc) is 3.39. The number of benzene rings is 1. The van der Waals surface area contributed by atoms with E-state index in [9.17, 15) is 19.2 Å². The quantitative estimate of drug-likeness (QED) is 0.384. The van der Waals surface area contributed by atoms with Crippen LogP contribution in [-0.2, 0) is 20.8 Å². The van der Waals surface area contributed by atoms with Crippen molar-refractivity contribution in [3.8, 4) is 0 Å². The second kappa shape index (κ2) is 12.4. The molecule has 39 heavy (non-hydrogen) atoms. The Morgan fingerprint density at radius 3 is 2.51 bits per heavy atom. The summed E-state index contributed by atoms with van der Waals surface area (Å²) in [5, 5.41) is 11.4. The van der Waals surface area contributed by atoms with Gasteiger partial charge in [0.2, 0.25) is 23.6 Å². The topological polar surface area (TPSA) is 168 Å². The van der Waals surface area contributed by atoms with Crippen LogP contribution in [0, 0.1) is 5.92 Å². The van der Waals surface area contributed by atoms with Gasteiger partial charge in [0.15, 0.2) is 5.69 Å². The number of carbonyl (C=O) groups excluding carboxylic acids is 4. The maximum absolute atomic E-state index is 13.5. The first-order valence-corrected chi connectivity index (χ1v) is 13.6. The van der Waals surface area contributed by atoms with E-state index in [1.165, 1.54) is 6.26 Å². The third-order valence-electron chi connectivity index (χ3n) is 7.42. The monoisotopic (exact) mass is 538 g/mol. The number of carbonyl (C=O) groups is 4. The van der Waals surface area contributed by atoms with E-state index in [4.69, 9.17) is 10.2 Å². The fraction of sp³-hybridized carbons (Fsp3) is 0.536. The highest BCUT2D eigenvalue weighted by molar-refractivity contribution is 5.95. The summed E-state index contributed by atoms with van der Waals surface area (Å²) in [5.41, 5.74) is 6.28. The van der Waals surface area contributed by atoms with Crippen LogP contribution in [0.3, 0.4) is 0 Å². The molecule has 1 aliphatic carbocycles. The van der Waals surface area contributed by atoms with E-state index in [0.29, 0.717) is 45.1 Å². The van der Waals surface area contributed by atoms with Crippen molar-refractivity contribution in [1.82, 2.24) is 26.3 Å². The predicted octanol–water partition coefficient (Wildman–Crippen LogP) is 1.50. The SMILES string of the molecule is CC(C)[C@@H]1NC(=O)[C@@H](NC(=O)C2(N)CCC2)CCCCNC(=O)c2coc(n2)[C@@H](Cc2ccccc2)NC1=O. The molecule has 11 heteroatoms. The zero-order valence-electron chi connectivity index (χ0n) is 22.5. The van der Waals surface area contributed by atoms with Gasteiger partial charge in [0.1, 0.15) is 24.4 Å². The van der Waals surface area contributed by atoms with Crippen molar-refractivity contribution in [3.05, 3.63) is 53.7 Å². The van der Waals surface area contributed by atoms with Gasteiger partial charge < -0.3 is 31.4 Å². The van der Waals surface area contributed by atoms with Gasteiger partial charge in [-0.1, -0.05) is 44.2 Å². The molecule has 2 heterocycles. The molecule has 0 unspecified atom stereocenters. The molecule has 11 nitrogen and oxygen atoms in total. The molecule has 210 valence electrons. The fourth-order valence-electron chi connectivity index (χ4n) is 4.77. The number of fused-ring (bicyclic) bond motifs is 2. The van der Waals surface area contributed by atoms with Crippen LogP contribution in [0.2, 0.25) is 0 Å². The largest absolute Gasteiger partial charge is 0.446 e. The zero-order chi connectivity index (χ0) is 28.0. The number of amides is 4. The first kappa shape index (κ1) is 28.3. The second-order valence-electron chi connectivity index (χ2n) is 10.8. The number of rotatable bonds is 5. The number of aromatic nitrogens is 1. The van der Waals surface area contributed by atoms with Gasteiger partial charge >= 0.3 is 0 Å². The minimum atomic E-state index is -0.962. The predicted molar refractivity (Wildman–Crippen MR) is 143 cm³/mol. The summed E-state index contributed by atoms with van der Waals surface area (Å²) < 4.78 is 5.64. The first-order chi connectivity index (χ1) is 18.7. The second-order valence-corrected chi connectivity index (χ2v) is 10.8. The Hall–Kier alpha value is -3.73. The number of hydrogen-bond donors (Lipinski definition) is 5. The van der Waals surface area contributed by atoms with Gasteiger partial charge in [-0.2, -0.15) is 0 Å². The highest BCUT2D eigenvalue weighted by Gasteiger charge is 2.42. The van der Waals surface area contributed by atoms with Crippen LogP contribution >= 0.6 is 0 Å². The number of nitrogens with zero attached hydrogens (tertiary/aromatic N) is 1. The van der Waals surface area contributed by atoms with Crippen LogP contribution < -0.4 is 27.0 Å². The lowest BCUT2D eigenvalue weighted by Gasteiger charge is -2.37. The van der Waals surface area contributed by atoms with Crippen LogP contribution in [0.4, 0.5) is 0 Å². The molecule has 2 aromatic rings. The molecule has 6 N–H and O–H groups in total. The molecular weight excluding hydrogens is 500 g/mol. The molecule has 2 bridgehead atoms. The third kappa shape index (κ3) is 7.03. The molecular formula is C28H38N6O5. The lowest BCUT2D eigenvalue weighted by Crippen LogP contribution is -2.63. The van der Waals surface area contributed by atoms with Crippen LogP contribution in [0.1, 0.15) is 80.4 Å². The highest BCUT2D eigenvalue weighted by Crippen LogP contribution is 2.29. The molecule has 1 saturated carbocycles. The maximum Gasteiger partial charge on any atom is 0.273 e. The van der Waals surface area contributed by atoms with Crippen LogP contribution in [-0.4, -0.2) is 52.8 Å². The Kier molecular flexibility index (Phi) is 9.01. The molecule has 2 aliphatic rings. The summed E-state index contributed by atoms with van der Waals surface area (Å²) in [4.78, 5) is 56.8. The summed E-state index contributed by atoms with van der Waals surface area (Å²) in [6.45, 7) is 4.03. The lowest BCUT2D eigenvalue weighted by atomic mass is 9.77. The number of hydrogen-bond acceptors (Lipinski definition) is 7. The van der Waals surface area contributed by atoms with E-state index in [-0.39, 0.29) is 29.3 Å². The molecule has 1 fully saturated rings. The van der Waals surface area contributed by atoms with E-state index in [0.717, 1.165) is 12.0 Å². The Bertz CT molecular complexity index is 1180. The van der Waals surface area contributed by atoms with Crippen molar-refractivity contribution >= 4 is 23.6 Å². The normalized spacial score (nSPS) is 24.2. The Morgan fingerprint density at radius 1 is 1.10 bits per heavy atom. The van der Waals surface area contributed by atoms with Crippen LogP contribution in [0.25, 0.3) is 0 Å². The summed E-state index contributed by atoms with van der Waals surface area (Å²) in [5.74, 6) is -1.68. The smallest absolute Gasteiger partial charge is 0.273 e. The van der Waals surface area contributed by atoms with Gasteiger partial charge in [-0.25, -0.2) is 4.98 Å². The average molecular weight is 539 g/mol. The summed E-state index contributed by atoms with van der Waals surface area (Å²) in [6, 6.07) is 7.10. The Balaban J connectivity index is 1.59.